The van der Waals surface area contributed by atoms with Crippen LogP contribution in [0.2, 0.25) is 0 Å². The number of hydrogen-bond acceptors (Lipinski definition) is 7. The minimum atomic E-state index is -5.20. The van der Waals surface area contributed by atoms with Gasteiger partial charge in [-0.3, -0.25) is 24.2 Å². The number of rotatable bonds is 6. The first-order valence-corrected chi connectivity index (χ1v) is 13.7. The molecule has 8 atom stereocenters. The Kier molecular flexibility index (Phi) is 7.40. The summed E-state index contributed by atoms with van der Waals surface area (Å²) in [4.78, 5) is 57.3. The number of carbonyl (C=O) groups is 4. The number of nitriles is 1. The number of aromatic nitrogens is 1. The smallest absolute Gasteiger partial charge is 0.471 e. The fourth-order valence-corrected chi connectivity index (χ4v) is 6.58. The first-order chi connectivity index (χ1) is 19.7. The normalized spacial score (nSPS) is 29.0. The number of allylic oxidation sites excluding steroid dienone is 2. The van der Waals surface area contributed by atoms with Crippen LogP contribution in [0.1, 0.15) is 33.6 Å². The number of anilines is 1. The minimum absolute atomic E-state index is 0.0236. The molecule has 4 amide bonds. The molecule has 2 aliphatic heterocycles. The van der Waals surface area contributed by atoms with Crippen LogP contribution in [-0.2, 0) is 19.2 Å². The summed E-state index contributed by atoms with van der Waals surface area (Å²) in [6.07, 6.45) is 1.23. The molecule has 0 spiro atoms. The third-order valence-electron chi connectivity index (χ3n) is 8.52. The van der Waals surface area contributed by atoms with E-state index in [-0.39, 0.29) is 36.6 Å². The highest BCUT2D eigenvalue weighted by Crippen LogP contribution is 2.54. The van der Waals surface area contributed by atoms with Gasteiger partial charge in [0.25, 0.3) is 5.91 Å². The second-order valence-electron chi connectivity index (χ2n) is 12.3. The molecule has 3 heterocycles. The predicted octanol–water partition coefficient (Wildman–Crippen LogP) is 1.92. The van der Waals surface area contributed by atoms with Crippen LogP contribution < -0.4 is 20.7 Å². The minimum Gasteiger partial charge on any atom is -0.478 e. The molecule has 0 unspecified atom stereocenters. The van der Waals surface area contributed by atoms with Gasteiger partial charge in [-0.2, -0.15) is 18.4 Å². The van der Waals surface area contributed by atoms with Crippen LogP contribution in [0.15, 0.2) is 30.6 Å². The number of alkyl halides is 3. The van der Waals surface area contributed by atoms with E-state index in [2.05, 4.69) is 15.6 Å². The van der Waals surface area contributed by atoms with Gasteiger partial charge in [-0.15, -0.1) is 0 Å². The Bertz CT molecular complexity index is 1370. The Morgan fingerprint density at radius 1 is 1.21 bits per heavy atom. The molecule has 1 aromatic rings. The van der Waals surface area contributed by atoms with E-state index in [0.717, 1.165) is 6.42 Å². The van der Waals surface area contributed by atoms with Crippen LogP contribution in [0.3, 0.4) is 0 Å². The molecule has 1 saturated heterocycles. The highest BCUT2D eigenvalue weighted by atomic mass is 19.4. The van der Waals surface area contributed by atoms with Gasteiger partial charge in [0.1, 0.15) is 29.6 Å². The van der Waals surface area contributed by atoms with Crippen molar-refractivity contribution in [2.24, 2.45) is 29.1 Å². The van der Waals surface area contributed by atoms with Crippen molar-refractivity contribution in [3.8, 4) is 11.8 Å². The molecule has 2 fully saturated rings. The molecule has 1 aromatic heterocycles. The van der Waals surface area contributed by atoms with Gasteiger partial charge in [-0.25, -0.2) is 0 Å². The zero-order valence-electron chi connectivity index (χ0n) is 23.1. The molecule has 14 heteroatoms. The van der Waals surface area contributed by atoms with Crippen LogP contribution in [0.4, 0.5) is 18.9 Å². The number of amides is 4. The number of pyridine rings is 1. The molecule has 224 valence electrons. The number of hydrogen-bond donors (Lipinski definition) is 3. The Balaban J connectivity index is 1.37. The van der Waals surface area contributed by atoms with Gasteiger partial charge in [0.05, 0.1) is 12.3 Å². The summed E-state index contributed by atoms with van der Waals surface area (Å²) in [5.74, 6) is -4.19. The maximum atomic E-state index is 13.9. The molecular weight excluding hydrogens is 557 g/mol. The number of likely N-dealkylation sites (tertiary alicyclic amines) is 1. The van der Waals surface area contributed by atoms with Crippen LogP contribution in [0.25, 0.3) is 0 Å². The molecule has 2 aliphatic carbocycles. The Labute approximate surface area is 239 Å². The SMILES string of the molecule is CC(C)(C)[C@H](NC(=O)C(F)(F)F)C(=O)N1C[C@H]2[C@@H]([C@H]1C(=O)N[C@H](C#N)C[C@@H]1Oc3ccncc3NC1=O)[C@H]1C=C[C@@H]2C1. The maximum Gasteiger partial charge on any atom is 0.471 e. The zero-order valence-corrected chi connectivity index (χ0v) is 23.1. The van der Waals surface area contributed by atoms with Crippen LogP contribution >= 0.6 is 0 Å². The van der Waals surface area contributed by atoms with E-state index in [4.69, 9.17) is 4.74 Å². The van der Waals surface area contributed by atoms with E-state index in [0.29, 0.717) is 11.4 Å². The number of nitrogens with one attached hydrogen (secondary N) is 3. The van der Waals surface area contributed by atoms with Crippen molar-refractivity contribution in [3.63, 3.8) is 0 Å². The third-order valence-corrected chi connectivity index (χ3v) is 8.52. The van der Waals surface area contributed by atoms with Gasteiger partial charge in [-0.1, -0.05) is 32.9 Å². The van der Waals surface area contributed by atoms with Gasteiger partial charge in [0.2, 0.25) is 11.8 Å². The predicted molar refractivity (Wildman–Crippen MR) is 140 cm³/mol. The van der Waals surface area contributed by atoms with Crippen molar-refractivity contribution in [1.29, 1.82) is 5.26 Å². The standard InChI is InChI=1S/C28H31F3N6O5/c1-27(2,3)22(36-26(41)28(29,30)31)25(40)37-12-16-13-4-5-14(8-13)20(16)21(37)24(39)34-15(10-32)9-19-23(38)35-17-11-33-7-6-18(17)42-19/h4-7,11,13-16,19-22H,8-9,12H2,1-3H3,(H,34,39)(H,35,38)(H,36,41)/t13-,14+,15+,16-,19+,20+,21+,22-/m1/s1. The molecule has 0 aromatic carbocycles. The van der Waals surface area contributed by atoms with E-state index in [1.807, 2.05) is 23.5 Å². The molecule has 2 bridgehead atoms. The largest absolute Gasteiger partial charge is 0.478 e. The summed E-state index contributed by atoms with van der Waals surface area (Å²) in [6.45, 7) is 4.70. The number of ether oxygens (including phenoxy) is 1. The molecule has 3 N–H and O–H groups in total. The fourth-order valence-electron chi connectivity index (χ4n) is 6.58. The lowest BCUT2D eigenvalue weighted by atomic mass is 9.81. The third kappa shape index (κ3) is 5.39. The van der Waals surface area contributed by atoms with E-state index >= 15 is 0 Å². The monoisotopic (exact) mass is 588 g/mol. The van der Waals surface area contributed by atoms with E-state index in [1.165, 1.54) is 38.1 Å². The topological polar surface area (TPSA) is 154 Å². The number of carbonyl (C=O) groups excluding carboxylic acids is 4. The van der Waals surface area contributed by atoms with E-state index < -0.39 is 59.4 Å². The summed E-state index contributed by atoms with van der Waals surface area (Å²) >= 11 is 0. The summed E-state index contributed by atoms with van der Waals surface area (Å²) in [6, 6.07) is -0.300. The Morgan fingerprint density at radius 3 is 2.60 bits per heavy atom. The lowest BCUT2D eigenvalue weighted by molar-refractivity contribution is -0.176. The summed E-state index contributed by atoms with van der Waals surface area (Å²) < 4.78 is 45.2. The summed E-state index contributed by atoms with van der Waals surface area (Å²) in [7, 11) is 0. The first kappa shape index (κ1) is 29.3. The van der Waals surface area contributed by atoms with Crippen molar-refractivity contribution in [2.45, 2.75) is 64.0 Å². The van der Waals surface area contributed by atoms with Gasteiger partial charge in [-0.05, 0) is 35.5 Å². The summed E-state index contributed by atoms with van der Waals surface area (Å²) in [5.41, 5.74) is -0.738. The quantitative estimate of drug-likeness (QED) is 0.429. The van der Waals surface area contributed by atoms with Gasteiger partial charge in [0, 0.05) is 25.2 Å². The Morgan fingerprint density at radius 2 is 1.93 bits per heavy atom. The fraction of sp³-hybridized carbons (Fsp3) is 0.571. The highest BCUT2D eigenvalue weighted by molar-refractivity contribution is 5.98. The second kappa shape index (κ2) is 10.6. The first-order valence-electron chi connectivity index (χ1n) is 13.7. The van der Waals surface area contributed by atoms with Crippen molar-refractivity contribution in [1.82, 2.24) is 20.5 Å². The number of halogens is 3. The molecule has 11 nitrogen and oxygen atoms in total. The van der Waals surface area contributed by atoms with Gasteiger partial charge >= 0.3 is 12.1 Å². The molecule has 1 saturated carbocycles. The van der Waals surface area contributed by atoms with Crippen LogP contribution in [0, 0.1) is 40.4 Å². The summed E-state index contributed by atoms with van der Waals surface area (Å²) in [5, 5.41) is 17.0. The number of nitrogens with zero attached hydrogens (tertiary/aromatic N) is 3. The Hall–Kier alpha value is -4.15. The highest BCUT2D eigenvalue weighted by Gasteiger charge is 2.59. The van der Waals surface area contributed by atoms with Crippen LogP contribution in [-0.4, -0.2) is 70.5 Å². The zero-order chi connectivity index (χ0) is 30.6. The van der Waals surface area contributed by atoms with Crippen molar-refractivity contribution in [3.05, 3.63) is 30.6 Å². The second-order valence-corrected chi connectivity index (χ2v) is 12.3. The lowest BCUT2D eigenvalue weighted by Gasteiger charge is -2.37. The van der Waals surface area contributed by atoms with E-state index in [1.54, 1.807) is 6.07 Å². The van der Waals surface area contributed by atoms with Crippen molar-refractivity contribution in [2.75, 3.05) is 11.9 Å². The van der Waals surface area contributed by atoms with Crippen molar-refractivity contribution >= 4 is 29.3 Å². The van der Waals surface area contributed by atoms with Crippen molar-refractivity contribution < 1.29 is 37.1 Å². The molecule has 0 radical (unpaired) electrons. The molecule has 5 rings (SSSR count). The van der Waals surface area contributed by atoms with Crippen LogP contribution in [0.5, 0.6) is 5.75 Å². The van der Waals surface area contributed by atoms with E-state index in [9.17, 15) is 37.6 Å². The lowest BCUT2D eigenvalue weighted by Crippen LogP contribution is -2.60. The molecular formula is C28H31F3N6O5. The average molecular weight is 589 g/mol. The average Bonchev–Trinajstić information content (AvgIpc) is 3.63. The van der Waals surface area contributed by atoms with Gasteiger partial charge < -0.3 is 25.6 Å². The molecule has 42 heavy (non-hydrogen) atoms. The molecule has 4 aliphatic rings. The van der Waals surface area contributed by atoms with Gasteiger partial charge in [0.15, 0.2) is 6.10 Å². The number of fused-ring (bicyclic) bond motifs is 6. The maximum absolute atomic E-state index is 13.9.